The van der Waals surface area contributed by atoms with Crippen molar-refractivity contribution in [1.29, 1.82) is 0 Å². The summed E-state index contributed by atoms with van der Waals surface area (Å²) < 4.78 is 4.67. The van der Waals surface area contributed by atoms with Crippen molar-refractivity contribution >= 4 is 17.7 Å². The van der Waals surface area contributed by atoms with Crippen molar-refractivity contribution in [2.24, 2.45) is 0 Å². The van der Waals surface area contributed by atoms with Crippen LogP contribution in [0, 0.1) is 0 Å². The van der Waals surface area contributed by atoms with Crippen LogP contribution in [0.25, 0.3) is 0 Å². The van der Waals surface area contributed by atoms with Crippen LogP contribution >= 0.6 is 0 Å². The number of nitrogens with one attached hydrogen (secondary N) is 1. The van der Waals surface area contributed by atoms with Crippen LogP contribution in [0.2, 0.25) is 0 Å². The molecule has 0 aliphatic heterocycles. The van der Waals surface area contributed by atoms with E-state index < -0.39 is 0 Å². The molecule has 1 N–H and O–H groups in total. The molecular formula is C20H24N2O3. The number of anilines is 1. The van der Waals surface area contributed by atoms with Gasteiger partial charge < -0.3 is 15.0 Å². The molecule has 0 aromatic heterocycles. The molecule has 0 saturated carbocycles. The molecule has 0 saturated heterocycles. The fourth-order valence-electron chi connectivity index (χ4n) is 2.38. The Hall–Kier alpha value is -2.82. The van der Waals surface area contributed by atoms with Gasteiger partial charge in [0.1, 0.15) is 0 Å². The van der Waals surface area contributed by atoms with E-state index >= 15 is 0 Å². The Labute approximate surface area is 148 Å². The lowest BCUT2D eigenvalue weighted by molar-refractivity contribution is 0.0600. The number of rotatable bonds is 5. The quantitative estimate of drug-likeness (QED) is 0.827. The van der Waals surface area contributed by atoms with Crippen LogP contribution in [-0.4, -0.2) is 31.1 Å². The third-order valence-electron chi connectivity index (χ3n) is 3.97. The van der Waals surface area contributed by atoms with E-state index in [2.05, 4.69) is 23.9 Å². The van der Waals surface area contributed by atoms with Crippen molar-refractivity contribution in [3.8, 4) is 0 Å². The Morgan fingerprint density at radius 3 is 2.16 bits per heavy atom. The Balaban J connectivity index is 1.94. The van der Waals surface area contributed by atoms with Crippen LogP contribution in [0.5, 0.6) is 0 Å². The Bertz CT molecular complexity index is 722. The summed E-state index contributed by atoms with van der Waals surface area (Å²) in [4.78, 5) is 25.3. The normalized spacial score (nSPS) is 10.4. The summed E-state index contributed by atoms with van der Waals surface area (Å²) in [6, 6.07) is 14.7. The van der Waals surface area contributed by atoms with Crippen molar-refractivity contribution < 1.29 is 14.3 Å². The van der Waals surface area contributed by atoms with Crippen molar-refractivity contribution in [2.75, 3.05) is 19.5 Å². The summed E-state index contributed by atoms with van der Waals surface area (Å²) in [6.07, 6.45) is 0. The molecule has 2 aromatic carbocycles. The Morgan fingerprint density at radius 1 is 1.04 bits per heavy atom. The number of esters is 1. The van der Waals surface area contributed by atoms with Gasteiger partial charge in [-0.05, 0) is 41.3 Å². The van der Waals surface area contributed by atoms with Gasteiger partial charge in [0, 0.05) is 19.3 Å². The number of methoxy groups -OCH3 is 1. The van der Waals surface area contributed by atoms with Crippen LogP contribution < -0.4 is 5.32 Å². The lowest BCUT2D eigenvalue weighted by Crippen LogP contribution is -2.30. The molecule has 0 spiro atoms. The van der Waals surface area contributed by atoms with Crippen LogP contribution in [0.1, 0.15) is 41.3 Å². The molecule has 5 nitrogen and oxygen atoms in total. The molecule has 0 atom stereocenters. The predicted octanol–water partition coefficient (Wildman–Crippen LogP) is 4.26. The van der Waals surface area contributed by atoms with E-state index in [9.17, 15) is 9.59 Å². The number of carbonyl (C=O) groups is 2. The zero-order valence-corrected chi connectivity index (χ0v) is 15.1. The second-order valence-electron chi connectivity index (χ2n) is 6.25. The summed E-state index contributed by atoms with van der Waals surface area (Å²) in [5.74, 6) is 0.0860. The van der Waals surface area contributed by atoms with Gasteiger partial charge in [0.25, 0.3) is 0 Å². The van der Waals surface area contributed by atoms with E-state index in [-0.39, 0.29) is 12.0 Å². The SMILES string of the molecule is COC(=O)c1ccc(CN(C)C(=O)Nc2ccc(C(C)C)cc2)cc1. The van der Waals surface area contributed by atoms with Gasteiger partial charge in [-0.1, -0.05) is 38.1 Å². The van der Waals surface area contributed by atoms with Gasteiger partial charge in [-0.2, -0.15) is 0 Å². The van der Waals surface area contributed by atoms with Crippen LogP contribution in [0.3, 0.4) is 0 Å². The Morgan fingerprint density at radius 2 is 1.64 bits per heavy atom. The van der Waals surface area contributed by atoms with E-state index in [4.69, 9.17) is 0 Å². The summed E-state index contributed by atoms with van der Waals surface area (Å²) >= 11 is 0. The first-order chi connectivity index (χ1) is 11.9. The first kappa shape index (κ1) is 18.5. The molecule has 2 aromatic rings. The van der Waals surface area contributed by atoms with E-state index in [1.165, 1.54) is 12.7 Å². The number of nitrogens with zero attached hydrogens (tertiary/aromatic N) is 1. The highest BCUT2D eigenvalue weighted by Crippen LogP contribution is 2.17. The number of amides is 2. The van der Waals surface area contributed by atoms with Gasteiger partial charge in [-0.25, -0.2) is 9.59 Å². The number of hydrogen-bond acceptors (Lipinski definition) is 3. The smallest absolute Gasteiger partial charge is 0.337 e. The molecular weight excluding hydrogens is 316 g/mol. The molecule has 0 fully saturated rings. The molecule has 0 aliphatic carbocycles. The Kier molecular flexibility index (Phi) is 6.17. The first-order valence-electron chi connectivity index (χ1n) is 8.20. The monoisotopic (exact) mass is 340 g/mol. The standard InChI is InChI=1S/C20H24N2O3/c1-14(2)16-9-11-18(12-10-16)21-20(24)22(3)13-15-5-7-17(8-6-15)19(23)25-4/h5-12,14H,13H2,1-4H3,(H,21,24). The summed E-state index contributed by atoms with van der Waals surface area (Å²) in [6.45, 7) is 4.71. The summed E-state index contributed by atoms with van der Waals surface area (Å²) in [5.41, 5.74) is 3.42. The van der Waals surface area contributed by atoms with E-state index in [1.807, 2.05) is 36.4 Å². The highest BCUT2D eigenvalue weighted by Gasteiger charge is 2.11. The first-order valence-corrected chi connectivity index (χ1v) is 8.20. The predicted molar refractivity (Wildman–Crippen MR) is 98.8 cm³/mol. The second kappa shape index (κ2) is 8.33. The third kappa shape index (κ3) is 5.08. The van der Waals surface area contributed by atoms with Crippen molar-refractivity contribution in [3.05, 3.63) is 65.2 Å². The number of hydrogen-bond donors (Lipinski definition) is 1. The third-order valence-corrected chi connectivity index (χ3v) is 3.97. The maximum atomic E-state index is 12.3. The number of benzene rings is 2. The van der Waals surface area contributed by atoms with E-state index in [0.29, 0.717) is 18.0 Å². The fourth-order valence-corrected chi connectivity index (χ4v) is 2.38. The summed E-state index contributed by atoms with van der Waals surface area (Å²) in [5, 5.41) is 2.88. The molecule has 5 heteroatoms. The van der Waals surface area contributed by atoms with Gasteiger partial charge >= 0.3 is 12.0 Å². The van der Waals surface area contributed by atoms with Crippen LogP contribution in [0.4, 0.5) is 10.5 Å². The average Bonchev–Trinajstić information content (AvgIpc) is 2.62. The molecule has 2 rings (SSSR count). The zero-order chi connectivity index (χ0) is 18.4. The maximum absolute atomic E-state index is 12.3. The molecule has 0 bridgehead atoms. The van der Waals surface area contributed by atoms with E-state index in [0.717, 1.165) is 11.3 Å². The average molecular weight is 340 g/mol. The largest absolute Gasteiger partial charge is 0.465 e. The number of carbonyl (C=O) groups excluding carboxylic acids is 2. The lowest BCUT2D eigenvalue weighted by Gasteiger charge is -2.18. The highest BCUT2D eigenvalue weighted by molar-refractivity contribution is 5.90. The molecule has 0 radical (unpaired) electrons. The van der Waals surface area contributed by atoms with Crippen LogP contribution in [0.15, 0.2) is 48.5 Å². The number of ether oxygens (including phenoxy) is 1. The van der Waals surface area contributed by atoms with Gasteiger partial charge in [-0.3, -0.25) is 0 Å². The molecule has 25 heavy (non-hydrogen) atoms. The van der Waals surface area contributed by atoms with Crippen molar-refractivity contribution in [1.82, 2.24) is 4.90 Å². The molecule has 0 heterocycles. The zero-order valence-electron chi connectivity index (χ0n) is 15.1. The second-order valence-corrected chi connectivity index (χ2v) is 6.25. The highest BCUT2D eigenvalue weighted by atomic mass is 16.5. The van der Waals surface area contributed by atoms with Gasteiger partial charge in [0.15, 0.2) is 0 Å². The lowest BCUT2D eigenvalue weighted by atomic mass is 10.0. The molecule has 0 unspecified atom stereocenters. The van der Waals surface area contributed by atoms with Gasteiger partial charge in [-0.15, -0.1) is 0 Å². The fraction of sp³-hybridized carbons (Fsp3) is 0.300. The van der Waals surface area contributed by atoms with E-state index in [1.54, 1.807) is 24.1 Å². The molecule has 0 aliphatic rings. The number of urea groups is 1. The van der Waals surface area contributed by atoms with Gasteiger partial charge in [0.2, 0.25) is 0 Å². The minimum Gasteiger partial charge on any atom is -0.465 e. The topological polar surface area (TPSA) is 58.6 Å². The van der Waals surface area contributed by atoms with Crippen molar-refractivity contribution in [3.63, 3.8) is 0 Å². The van der Waals surface area contributed by atoms with Crippen molar-refractivity contribution in [2.45, 2.75) is 26.3 Å². The minimum absolute atomic E-state index is 0.186. The van der Waals surface area contributed by atoms with Gasteiger partial charge in [0.05, 0.1) is 12.7 Å². The molecule has 2 amide bonds. The molecule has 132 valence electrons. The summed E-state index contributed by atoms with van der Waals surface area (Å²) in [7, 11) is 3.08. The maximum Gasteiger partial charge on any atom is 0.337 e. The minimum atomic E-state index is -0.373. The van der Waals surface area contributed by atoms with Crippen LogP contribution in [-0.2, 0) is 11.3 Å².